The molecule has 3 aromatic rings. The van der Waals surface area contributed by atoms with Gasteiger partial charge in [0.2, 0.25) is 0 Å². The molecule has 0 atom stereocenters. The van der Waals surface area contributed by atoms with E-state index in [9.17, 15) is 0 Å². The van der Waals surface area contributed by atoms with Crippen LogP contribution in [0.15, 0.2) is 36.4 Å². The maximum atomic E-state index is 5.94. The minimum absolute atomic E-state index is 0.253. The Labute approximate surface area is 193 Å². The highest BCUT2D eigenvalue weighted by Gasteiger charge is 2.22. The summed E-state index contributed by atoms with van der Waals surface area (Å²) in [6.45, 7) is 19.1. The average molecular weight is 429 g/mol. The first-order valence-electron chi connectivity index (χ1n) is 11.7. The lowest BCUT2D eigenvalue weighted by Gasteiger charge is -2.28. The van der Waals surface area contributed by atoms with Crippen molar-refractivity contribution in [3.05, 3.63) is 80.9 Å². The van der Waals surface area contributed by atoms with Gasteiger partial charge in [0.25, 0.3) is 0 Å². The van der Waals surface area contributed by atoms with Crippen molar-refractivity contribution in [3.8, 4) is 22.3 Å². The molecule has 4 rings (SSSR count). The van der Waals surface area contributed by atoms with Crippen LogP contribution in [-0.2, 0) is 9.47 Å². The van der Waals surface area contributed by atoms with Crippen LogP contribution in [0.2, 0.25) is 0 Å². The Kier molecular flexibility index (Phi) is 6.29. The molecule has 168 valence electrons. The first-order valence-corrected chi connectivity index (χ1v) is 11.7. The van der Waals surface area contributed by atoms with E-state index in [1.165, 1.54) is 61.2 Å². The fraction of sp³-hybridized carbons (Fsp3) is 0.400. The van der Waals surface area contributed by atoms with Crippen molar-refractivity contribution >= 4 is 0 Å². The molecule has 0 aromatic heterocycles. The molecule has 0 saturated carbocycles. The van der Waals surface area contributed by atoms with Crippen molar-refractivity contribution in [2.45, 2.75) is 61.7 Å². The van der Waals surface area contributed by atoms with Crippen LogP contribution < -0.4 is 0 Å². The van der Waals surface area contributed by atoms with Gasteiger partial charge in [-0.3, -0.25) is 0 Å². The first-order chi connectivity index (χ1) is 15.2. The van der Waals surface area contributed by atoms with Crippen molar-refractivity contribution in [2.75, 3.05) is 13.2 Å². The second-order valence-corrected chi connectivity index (χ2v) is 9.85. The molecule has 3 aromatic carbocycles. The SMILES string of the molecule is Cc1cc(-c2c(C)cc(-c3c(C)cc(C4OCC(C)CO4)cc3C)cc2C)cc(C)c1C. The Morgan fingerprint density at radius 1 is 0.562 bits per heavy atom. The first kappa shape index (κ1) is 22.8. The van der Waals surface area contributed by atoms with Gasteiger partial charge in [-0.15, -0.1) is 0 Å². The van der Waals surface area contributed by atoms with Crippen molar-refractivity contribution in [1.29, 1.82) is 0 Å². The number of rotatable bonds is 3. The molecule has 1 fully saturated rings. The lowest BCUT2D eigenvalue weighted by atomic mass is 9.86. The topological polar surface area (TPSA) is 18.5 Å². The molecule has 0 unspecified atom stereocenters. The van der Waals surface area contributed by atoms with Crippen molar-refractivity contribution in [2.24, 2.45) is 5.92 Å². The van der Waals surface area contributed by atoms with E-state index in [0.717, 1.165) is 18.8 Å². The van der Waals surface area contributed by atoms with Crippen molar-refractivity contribution in [3.63, 3.8) is 0 Å². The average Bonchev–Trinajstić information content (AvgIpc) is 2.71. The summed E-state index contributed by atoms with van der Waals surface area (Å²) in [4.78, 5) is 0. The lowest BCUT2D eigenvalue weighted by Crippen LogP contribution is -2.25. The van der Waals surface area contributed by atoms with Gasteiger partial charge in [-0.05, 0) is 110 Å². The second kappa shape index (κ2) is 8.84. The van der Waals surface area contributed by atoms with Gasteiger partial charge in [-0.2, -0.15) is 0 Å². The third-order valence-corrected chi connectivity index (χ3v) is 6.93. The Bertz CT molecular complexity index is 1090. The number of benzene rings is 3. The number of aryl methyl sites for hydroxylation is 6. The van der Waals surface area contributed by atoms with Crippen LogP contribution in [0, 0.1) is 54.4 Å². The molecule has 0 bridgehead atoms. The van der Waals surface area contributed by atoms with E-state index >= 15 is 0 Å². The van der Waals surface area contributed by atoms with Gasteiger partial charge in [-0.25, -0.2) is 0 Å². The summed E-state index contributed by atoms with van der Waals surface area (Å²) in [6, 6.07) is 13.8. The van der Waals surface area contributed by atoms with Crippen LogP contribution in [0.25, 0.3) is 22.3 Å². The van der Waals surface area contributed by atoms with Crippen LogP contribution in [-0.4, -0.2) is 13.2 Å². The molecule has 2 heteroatoms. The van der Waals surface area contributed by atoms with E-state index < -0.39 is 0 Å². The lowest BCUT2D eigenvalue weighted by molar-refractivity contribution is -0.202. The smallest absolute Gasteiger partial charge is 0.183 e. The highest BCUT2D eigenvalue weighted by Crippen LogP contribution is 2.37. The number of ether oxygens (including phenoxy) is 2. The van der Waals surface area contributed by atoms with Gasteiger partial charge in [-0.1, -0.05) is 43.3 Å². The van der Waals surface area contributed by atoms with Gasteiger partial charge in [0, 0.05) is 11.5 Å². The van der Waals surface area contributed by atoms with Gasteiger partial charge < -0.3 is 9.47 Å². The zero-order chi connectivity index (χ0) is 23.2. The molecule has 0 N–H and O–H groups in total. The summed E-state index contributed by atoms with van der Waals surface area (Å²) in [7, 11) is 0. The van der Waals surface area contributed by atoms with E-state index in [-0.39, 0.29) is 6.29 Å². The predicted molar refractivity (Wildman–Crippen MR) is 134 cm³/mol. The van der Waals surface area contributed by atoms with Crippen LogP contribution in [0.5, 0.6) is 0 Å². The minimum atomic E-state index is -0.253. The van der Waals surface area contributed by atoms with Gasteiger partial charge >= 0.3 is 0 Å². The fourth-order valence-corrected chi connectivity index (χ4v) is 5.12. The standard InChI is InChI=1S/C30H36O2/c1-17-15-31-30(32-16-17)27-13-22(6)29(23(7)14-27)26-11-20(4)28(21(5)12-26)25-9-18(2)24(8)19(3)10-25/h9-14,17,30H,15-16H2,1-8H3. The number of hydrogen-bond acceptors (Lipinski definition) is 2. The summed E-state index contributed by atoms with van der Waals surface area (Å²) in [5.74, 6) is 0.457. The van der Waals surface area contributed by atoms with E-state index in [4.69, 9.17) is 9.47 Å². The largest absolute Gasteiger partial charge is 0.348 e. The molecule has 1 aliphatic heterocycles. The van der Waals surface area contributed by atoms with Crippen LogP contribution >= 0.6 is 0 Å². The summed E-state index contributed by atoms with van der Waals surface area (Å²) >= 11 is 0. The van der Waals surface area contributed by atoms with Gasteiger partial charge in [0.05, 0.1) is 13.2 Å². The number of hydrogen-bond donors (Lipinski definition) is 0. The summed E-state index contributed by atoms with van der Waals surface area (Å²) in [5.41, 5.74) is 15.6. The highest BCUT2D eigenvalue weighted by molar-refractivity contribution is 5.80. The molecule has 0 amide bonds. The molecule has 2 nitrogen and oxygen atoms in total. The molecule has 0 radical (unpaired) electrons. The van der Waals surface area contributed by atoms with Crippen LogP contribution in [0.3, 0.4) is 0 Å². The molecule has 1 saturated heterocycles. The van der Waals surface area contributed by atoms with Crippen molar-refractivity contribution in [1.82, 2.24) is 0 Å². The van der Waals surface area contributed by atoms with Gasteiger partial charge in [0.1, 0.15) is 0 Å². The van der Waals surface area contributed by atoms with Crippen LogP contribution in [0.1, 0.15) is 57.7 Å². The summed E-state index contributed by atoms with van der Waals surface area (Å²) < 4.78 is 11.9. The van der Waals surface area contributed by atoms with Crippen molar-refractivity contribution < 1.29 is 9.47 Å². The summed E-state index contributed by atoms with van der Waals surface area (Å²) in [6.07, 6.45) is -0.253. The van der Waals surface area contributed by atoms with E-state index in [1.54, 1.807) is 0 Å². The molecule has 1 aliphatic rings. The highest BCUT2D eigenvalue weighted by atomic mass is 16.7. The zero-order valence-electron chi connectivity index (χ0n) is 20.8. The third kappa shape index (κ3) is 4.27. The molecular formula is C30H36O2. The quantitative estimate of drug-likeness (QED) is 0.423. The molecular weight excluding hydrogens is 392 g/mol. The third-order valence-electron chi connectivity index (χ3n) is 6.93. The maximum Gasteiger partial charge on any atom is 0.183 e. The Morgan fingerprint density at radius 2 is 0.938 bits per heavy atom. The fourth-order valence-electron chi connectivity index (χ4n) is 5.12. The molecule has 0 aliphatic carbocycles. The Morgan fingerprint density at radius 3 is 1.38 bits per heavy atom. The van der Waals surface area contributed by atoms with Gasteiger partial charge in [0.15, 0.2) is 6.29 Å². The second-order valence-electron chi connectivity index (χ2n) is 9.85. The van der Waals surface area contributed by atoms with E-state index in [0.29, 0.717) is 5.92 Å². The predicted octanol–water partition coefficient (Wildman–Crippen LogP) is 7.86. The normalized spacial score (nSPS) is 18.8. The Balaban J connectivity index is 1.73. The van der Waals surface area contributed by atoms with Crippen LogP contribution in [0.4, 0.5) is 0 Å². The minimum Gasteiger partial charge on any atom is -0.348 e. The molecule has 1 heterocycles. The zero-order valence-corrected chi connectivity index (χ0v) is 20.8. The van der Waals surface area contributed by atoms with E-state index in [2.05, 4.69) is 91.8 Å². The molecule has 0 spiro atoms. The van der Waals surface area contributed by atoms with E-state index in [1.807, 2.05) is 0 Å². The monoisotopic (exact) mass is 428 g/mol. The Hall–Kier alpha value is -2.42. The molecule has 32 heavy (non-hydrogen) atoms. The summed E-state index contributed by atoms with van der Waals surface area (Å²) in [5, 5.41) is 0. The maximum absolute atomic E-state index is 5.94.